The van der Waals surface area contributed by atoms with Gasteiger partial charge in [-0.1, -0.05) is 11.6 Å². The number of hydrogen-bond donors (Lipinski definition) is 1. The normalized spacial score (nSPS) is 16.9. The fraction of sp³-hybridized carbons (Fsp3) is 0.368. The molecule has 2 heterocycles. The molecule has 28 heavy (non-hydrogen) atoms. The zero-order chi connectivity index (χ0) is 20.1. The van der Waals surface area contributed by atoms with E-state index in [9.17, 15) is 13.2 Å². The Labute approximate surface area is 169 Å². The van der Waals surface area contributed by atoms with Crippen molar-refractivity contribution < 1.29 is 17.9 Å². The molecule has 1 aromatic carbocycles. The number of pyridine rings is 1. The summed E-state index contributed by atoms with van der Waals surface area (Å²) in [5, 5.41) is 0.0631. The highest BCUT2D eigenvalue weighted by molar-refractivity contribution is 7.89. The summed E-state index contributed by atoms with van der Waals surface area (Å²) in [5.41, 5.74) is 1.17. The summed E-state index contributed by atoms with van der Waals surface area (Å²) in [4.78, 5) is 18.1. The van der Waals surface area contributed by atoms with Crippen LogP contribution in [0.3, 0.4) is 0 Å². The number of amides is 1. The minimum Gasteiger partial charge on any atom is -0.377 e. The maximum atomic E-state index is 12.7. The number of carbonyl (C=O) groups is 1. The number of sulfonamides is 1. The van der Waals surface area contributed by atoms with Crippen molar-refractivity contribution in [2.75, 3.05) is 20.2 Å². The van der Waals surface area contributed by atoms with Gasteiger partial charge in [-0.2, -0.15) is 0 Å². The van der Waals surface area contributed by atoms with E-state index < -0.39 is 10.0 Å². The van der Waals surface area contributed by atoms with Gasteiger partial charge in [-0.25, -0.2) is 13.1 Å². The number of hydrogen-bond acceptors (Lipinski definition) is 5. The monoisotopic (exact) mass is 423 g/mol. The minimum atomic E-state index is -3.86. The Morgan fingerprint density at radius 1 is 1.32 bits per heavy atom. The molecule has 1 aliphatic heterocycles. The highest BCUT2D eigenvalue weighted by atomic mass is 35.5. The Hall–Kier alpha value is -2.00. The molecule has 1 atom stereocenters. The molecule has 1 amide bonds. The van der Waals surface area contributed by atoms with Crippen LogP contribution in [-0.4, -0.2) is 50.5 Å². The van der Waals surface area contributed by atoms with E-state index in [4.69, 9.17) is 16.3 Å². The van der Waals surface area contributed by atoms with E-state index in [1.165, 1.54) is 23.1 Å². The lowest BCUT2D eigenvalue weighted by atomic mass is 10.2. The third-order valence-electron chi connectivity index (χ3n) is 4.51. The first-order valence-corrected chi connectivity index (χ1v) is 10.8. The van der Waals surface area contributed by atoms with Crippen molar-refractivity contribution in [2.24, 2.45) is 0 Å². The van der Waals surface area contributed by atoms with Crippen molar-refractivity contribution in [1.82, 2.24) is 14.6 Å². The summed E-state index contributed by atoms with van der Waals surface area (Å²) in [6.07, 6.45) is 4.90. The molecule has 0 aliphatic carbocycles. The van der Waals surface area contributed by atoms with Crippen LogP contribution in [0.4, 0.5) is 0 Å². The van der Waals surface area contributed by atoms with Gasteiger partial charge in [-0.15, -0.1) is 0 Å². The summed E-state index contributed by atoms with van der Waals surface area (Å²) < 4.78 is 33.3. The molecule has 0 spiro atoms. The van der Waals surface area contributed by atoms with Crippen molar-refractivity contribution in [3.8, 4) is 0 Å². The van der Waals surface area contributed by atoms with E-state index in [1.807, 2.05) is 12.1 Å². The second kappa shape index (κ2) is 9.00. The quantitative estimate of drug-likeness (QED) is 0.739. The third-order valence-corrected chi connectivity index (χ3v) is 6.41. The number of rotatable bonds is 7. The Balaban J connectivity index is 1.75. The van der Waals surface area contributed by atoms with Crippen molar-refractivity contribution in [3.63, 3.8) is 0 Å². The number of aromatic nitrogens is 1. The van der Waals surface area contributed by atoms with Gasteiger partial charge in [0.15, 0.2) is 0 Å². The smallest absolute Gasteiger partial charge is 0.253 e. The van der Waals surface area contributed by atoms with Gasteiger partial charge in [0, 0.05) is 44.7 Å². The number of ether oxygens (including phenoxy) is 1. The molecule has 1 fully saturated rings. The number of benzene rings is 1. The first kappa shape index (κ1) is 20.7. The maximum Gasteiger partial charge on any atom is 0.253 e. The van der Waals surface area contributed by atoms with Crippen LogP contribution in [0.5, 0.6) is 0 Å². The van der Waals surface area contributed by atoms with Gasteiger partial charge < -0.3 is 9.64 Å². The molecule has 1 aliphatic rings. The first-order valence-electron chi connectivity index (χ1n) is 8.92. The molecule has 150 valence electrons. The van der Waals surface area contributed by atoms with Crippen LogP contribution in [0.25, 0.3) is 0 Å². The molecule has 1 aromatic heterocycles. The summed E-state index contributed by atoms with van der Waals surface area (Å²) in [6, 6.07) is 7.89. The van der Waals surface area contributed by atoms with E-state index in [-0.39, 0.29) is 34.0 Å². The second-order valence-corrected chi connectivity index (χ2v) is 8.79. The van der Waals surface area contributed by atoms with Crippen molar-refractivity contribution in [2.45, 2.75) is 30.4 Å². The predicted octanol–water partition coefficient (Wildman–Crippen LogP) is 2.46. The first-order chi connectivity index (χ1) is 13.4. The summed E-state index contributed by atoms with van der Waals surface area (Å²) in [5.74, 6) is -0.302. The maximum absolute atomic E-state index is 12.7. The molecule has 0 saturated carbocycles. The third kappa shape index (κ3) is 5.08. The minimum absolute atomic E-state index is 0.0631. The van der Waals surface area contributed by atoms with Crippen LogP contribution < -0.4 is 4.72 Å². The SMILES string of the molecule is CN(Cc1ccncc1)C(=O)c1ccc(Cl)c(S(=O)(=O)NCC2CCCO2)c1. The van der Waals surface area contributed by atoms with Crippen LogP contribution in [-0.2, 0) is 21.3 Å². The number of nitrogens with one attached hydrogen (secondary N) is 1. The second-order valence-electron chi connectivity index (χ2n) is 6.65. The van der Waals surface area contributed by atoms with E-state index >= 15 is 0 Å². The van der Waals surface area contributed by atoms with E-state index in [2.05, 4.69) is 9.71 Å². The van der Waals surface area contributed by atoms with Crippen molar-refractivity contribution >= 4 is 27.5 Å². The molecule has 9 heteroatoms. The molecular formula is C19H22ClN3O4S. The highest BCUT2D eigenvalue weighted by Crippen LogP contribution is 2.24. The average Bonchev–Trinajstić information content (AvgIpc) is 3.21. The van der Waals surface area contributed by atoms with Gasteiger partial charge in [0.25, 0.3) is 5.91 Å². The van der Waals surface area contributed by atoms with Gasteiger partial charge in [0.1, 0.15) is 4.90 Å². The van der Waals surface area contributed by atoms with Crippen LogP contribution in [0.2, 0.25) is 5.02 Å². The lowest BCUT2D eigenvalue weighted by Gasteiger charge is -2.18. The summed E-state index contributed by atoms with van der Waals surface area (Å²) in [7, 11) is -2.21. The Bertz CT molecular complexity index is 931. The van der Waals surface area contributed by atoms with Crippen LogP contribution in [0.15, 0.2) is 47.6 Å². The molecule has 1 N–H and O–H groups in total. The Morgan fingerprint density at radius 2 is 2.07 bits per heavy atom. The summed E-state index contributed by atoms with van der Waals surface area (Å²) in [6.45, 7) is 1.20. The van der Waals surface area contributed by atoms with Gasteiger partial charge >= 0.3 is 0 Å². The zero-order valence-electron chi connectivity index (χ0n) is 15.5. The van der Waals surface area contributed by atoms with Crippen LogP contribution >= 0.6 is 11.6 Å². The molecule has 3 rings (SSSR count). The highest BCUT2D eigenvalue weighted by Gasteiger charge is 2.24. The largest absolute Gasteiger partial charge is 0.377 e. The number of halogens is 1. The molecule has 7 nitrogen and oxygen atoms in total. The molecular weight excluding hydrogens is 402 g/mol. The number of nitrogens with zero attached hydrogens (tertiary/aromatic N) is 2. The van der Waals surface area contributed by atoms with E-state index in [1.54, 1.807) is 19.4 Å². The van der Waals surface area contributed by atoms with Gasteiger partial charge in [-0.3, -0.25) is 9.78 Å². The van der Waals surface area contributed by atoms with Gasteiger partial charge in [0.05, 0.1) is 11.1 Å². The van der Waals surface area contributed by atoms with Gasteiger partial charge in [0.2, 0.25) is 10.0 Å². The zero-order valence-corrected chi connectivity index (χ0v) is 17.0. The molecule has 1 saturated heterocycles. The fourth-order valence-electron chi connectivity index (χ4n) is 2.98. The molecule has 0 bridgehead atoms. The fourth-order valence-corrected chi connectivity index (χ4v) is 4.57. The van der Waals surface area contributed by atoms with Crippen molar-refractivity contribution in [1.29, 1.82) is 0 Å². The molecule has 0 radical (unpaired) electrons. The topological polar surface area (TPSA) is 88.6 Å². The van der Waals surface area contributed by atoms with Crippen molar-refractivity contribution in [3.05, 3.63) is 58.9 Å². The molecule has 2 aromatic rings. The lowest BCUT2D eigenvalue weighted by Crippen LogP contribution is -2.32. The molecule has 1 unspecified atom stereocenters. The number of carbonyl (C=O) groups excluding carboxylic acids is 1. The average molecular weight is 424 g/mol. The summed E-state index contributed by atoms with van der Waals surface area (Å²) >= 11 is 6.11. The predicted molar refractivity (Wildman–Crippen MR) is 106 cm³/mol. The van der Waals surface area contributed by atoms with Crippen LogP contribution in [0.1, 0.15) is 28.8 Å². The lowest BCUT2D eigenvalue weighted by molar-refractivity contribution is 0.0785. The standard InChI is InChI=1S/C19H22ClN3O4S/c1-23(13-14-6-8-21-9-7-14)19(24)15-4-5-17(20)18(11-15)28(25,26)22-12-16-3-2-10-27-16/h4-9,11,16,22H,2-3,10,12-13H2,1H3. The van der Waals surface area contributed by atoms with E-state index in [0.717, 1.165) is 18.4 Å². The Morgan fingerprint density at radius 3 is 2.75 bits per heavy atom. The Kier molecular flexibility index (Phi) is 6.66. The van der Waals surface area contributed by atoms with Gasteiger partial charge in [-0.05, 0) is 48.7 Å². The van der Waals surface area contributed by atoms with E-state index in [0.29, 0.717) is 13.2 Å². The van der Waals surface area contributed by atoms with Crippen LogP contribution in [0, 0.1) is 0 Å².